The highest BCUT2D eigenvalue weighted by Crippen LogP contribution is 2.22. The first kappa shape index (κ1) is 17.6. The van der Waals surface area contributed by atoms with Gasteiger partial charge in [-0.2, -0.15) is 0 Å². The fourth-order valence-corrected chi connectivity index (χ4v) is 2.75. The van der Waals surface area contributed by atoms with E-state index in [2.05, 4.69) is 22.2 Å². The van der Waals surface area contributed by atoms with E-state index in [4.69, 9.17) is 10.5 Å². The van der Waals surface area contributed by atoms with Gasteiger partial charge in [0, 0.05) is 18.8 Å². The maximum atomic E-state index is 5.87. The van der Waals surface area contributed by atoms with Crippen molar-refractivity contribution in [2.75, 3.05) is 6.54 Å². The summed E-state index contributed by atoms with van der Waals surface area (Å²) in [7, 11) is 0. The number of aliphatic imine (C=N–C) groups is 1. The summed E-state index contributed by atoms with van der Waals surface area (Å²) in [6.07, 6.45) is 11.9. The van der Waals surface area contributed by atoms with Gasteiger partial charge in [-0.15, -0.1) is 0 Å². The second kappa shape index (κ2) is 10.1. The molecule has 0 radical (unpaired) electrons. The Hall–Kier alpha value is -1.78. The molecule has 0 saturated heterocycles. The van der Waals surface area contributed by atoms with Crippen LogP contribution in [0, 0.1) is 0 Å². The van der Waals surface area contributed by atoms with Crippen LogP contribution in [0.25, 0.3) is 0 Å². The van der Waals surface area contributed by atoms with Gasteiger partial charge in [-0.3, -0.25) is 0 Å². The molecule has 0 unspecified atom stereocenters. The van der Waals surface area contributed by atoms with E-state index in [1.807, 2.05) is 18.3 Å². The van der Waals surface area contributed by atoms with Crippen molar-refractivity contribution in [3.8, 4) is 5.88 Å². The lowest BCUT2D eigenvalue weighted by atomic mass is 10.2. The van der Waals surface area contributed by atoms with Crippen LogP contribution in [0.1, 0.15) is 63.9 Å². The number of nitrogens with two attached hydrogens (primary N) is 1. The van der Waals surface area contributed by atoms with Crippen molar-refractivity contribution in [1.29, 1.82) is 0 Å². The van der Waals surface area contributed by atoms with Crippen LogP contribution in [0.15, 0.2) is 23.3 Å². The van der Waals surface area contributed by atoms with Crippen LogP contribution in [0.5, 0.6) is 5.88 Å². The van der Waals surface area contributed by atoms with Crippen LogP contribution in [-0.4, -0.2) is 23.6 Å². The minimum Gasteiger partial charge on any atom is -0.474 e. The highest BCUT2D eigenvalue weighted by molar-refractivity contribution is 5.77. The summed E-state index contributed by atoms with van der Waals surface area (Å²) < 4.78 is 5.86. The van der Waals surface area contributed by atoms with Crippen LogP contribution < -0.4 is 15.8 Å². The van der Waals surface area contributed by atoms with Gasteiger partial charge in [0.2, 0.25) is 5.88 Å². The standard InChI is InChI=1S/C18H30N4O/c1-2-3-4-7-12-20-18(19)22-14-15-10-11-17(21-13-15)23-16-8-5-6-9-16/h10-11,13,16H,2-9,12,14H2,1H3,(H3,19,20,22). The molecule has 0 amide bonds. The smallest absolute Gasteiger partial charge is 0.213 e. The minimum absolute atomic E-state index is 0.346. The van der Waals surface area contributed by atoms with Gasteiger partial charge in [0.25, 0.3) is 0 Å². The molecule has 0 aromatic carbocycles. The molecule has 1 fully saturated rings. The van der Waals surface area contributed by atoms with Crippen LogP contribution in [-0.2, 0) is 6.54 Å². The van der Waals surface area contributed by atoms with E-state index in [9.17, 15) is 0 Å². The molecule has 1 aliphatic rings. The highest BCUT2D eigenvalue weighted by Gasteiger charge is 2.16. The molecule has 128 valence electrons. The van der Waals surface area contributed by atoms with Crippen molar-refractivity contribution in [3.05, 3.63) is 23.9 Å². The van der Waals surface area contributed by atoms with E-state index < -0.39 is 0 Å². The molecule has 3 N–H and O–H groups in total. The first-order valence-corrected chi connectivity index (χ1v) is 8.93. The van der Waals surface area contributed by atoms with Crippen molar-refractivity contribution < 1.29 is 4.74 Å². The number of hydrogen-bond acceptors (Lipinski definition) is 3. The third kappa shape index (κ3) is 6.89. The number of hydrogen-bond donors (Lipinski definition) is 2. The predicted molar refractivity (Wildman–Crippen MR) is 94.6 cm³/mol. The molecule has 5 heteroatoms. The molecule has 23 heavy (non-hydrogen) atoms. The Morgan fingerprint density at radius 3 is 2.83 bits per heavy atom. The van der Waals surface area contributed by atoms with Gasteiger partial charge in [0.1, 0.15) is 6.10 Å². The molecule has 0 atom stereocenters. The Bertz CT molecular complexity index is 466. The van der Waals surface area contributed by atoms with E-state index >= 15 is 0 Å². The van der Waals surface area contributed by atoms with Gasteiger partial charge in [-0.1, -0.05) is 32.3 Å². The van der Waals surface area contributed by atoms with Crippen molar-refractivity contribution >= 4 is 5.96 Å². The van der Waals surface area contributed by atoms with E-state index in [0.717, 1.165) is 31.4 Å². The van der Waals surface area contributed by atoms with Gasteiger partial charge in [0.05, 0.1) is 6.54 Å². The van der Waals surface area contributed by atoms with Crippen LogP contribution in [0.4, 0.5) is 0 Å². The topological polar surface area (TPSA) is 72.5 Å². The number of nitrogens with zero attached hydrogens (tertiary/aromatic N) is 2. The second-order valence-electron chi connectivity index (χ2n) is 6.22. The van der Waals surface area contributed by atoms with Gasteiger partial charge >= 0.3 is 0 Å². The van der Waals surface area contributed by atoms with Crippen molar-refractivity contribution in [2.24, 2.45) is 10.7 Å². The average molecular weight is 318 g/mol. The molecule has 2 rings (SSSR count). The first-order valence-electron chi connectivity index (χ1n) is 8.93. The zero-order chi connectivity index (χ0) is 16.3. The lowest BCUT2D eigenvalue weighted by Crippen LogP contribution is -2.32. The molecule has 0 spiro atoms. The first-order chi connectivity index (χ1) is 11.3. The number of aromatic nitrogens is 1. The monoisotopic (exact) mass is 318 g/mol. The van der Waals surface area contributed by atoms with Gasteiger partial charge in [0.15, 0.2) is 5.96 Å². The second-order valence-corrected chi connectivity index (χ2v) is 6.22. The summed E-state index contributed by atoms with van der Waals surface area (Å²) in [6, 6.07) is 3.94. The van der Waals surface area contributed by atoms with Crippen LogP contribution >= 0.6 is 0 Å². The van der Waals surface area contributed by atoms with Crippen molar-refractivity contribution in [2.45, 2.75) is 70.9 Å². The maximum Gasteiger partial charge on any atom is 0.213 e. The normalized spacial score (nSPS) is 15.8. The van der Waals surface area contributed by atoms with E-state index in [0.29, 0.717) is 24.5 Å². The molecule has 1 aromatic rings. The third-order valence-corrected chi connectivity index (χ3v) is 4.16. The van der Waals surface area contributed by atoms with E-state index in [1.54, 1.807) is 0 Å². The number of ether oxygens (including phenoxy) is 1. The molecule has 0 bridgehead atoms. The molecule has 1 saturated carbocycles. The SMILES string of the molecule is CCCCCCNC(N)=NCc1ccc(OC2CCCC2)nc1. The number of nitrogens with one attached hydrogen (secondary N) is 1. The summed E-state index contributed by atoms with van der Waals surface area (Å²) in [6.45, 7) is 3.65. The van der Waals surface area contributed by atoms with Crippen LogP contribution in [0.2, 0.25) is 0 Å². The number of unbranched alkanes of at least 4 members (excludes halogenated alkanes) is 3. The number of pyridine rings is 1. The molecule has 0 aliphatic heterocycles. The predicted octanol–water partition coefficient (Wildman–Crippen LogP) is 3.39. The molecule has 1 heterocycles. The summed E-state index contributed by atoms with van der Waals surface area (Å²) in [5.41, 5.74) is 6.91. The van der Waals surface area contributed by atoms with Crippen molar-refractivity contribution in [3.63, 3.8) is 0 Å². The Kier molecular flexibility index (Phi) is 7.70. The van der Waals surface area contributed by atoms with Crippen LogP contribution in [0.3, 0.4) is 0 Å². The lowest BCUT2D eigenvalue weighted by molar-refractivity contribution is 0.201. The molecule has 1 aliphatic carbocycles. The summed E-state index contributed by atoms with van der Waals surface area (Å²) in [5, 5.41) is 3.15. The minimum atomic E-state index is 0.346. The lowest BCUT2D eigenvalue weighted by Gasteiger charge is -2.11. The van der Waals surface area contributed by atoms with Gasteiger partial charge < -0.3 is 15.8 Å². The Balaban J connectivity index is 1.68. The number of guanidine groups is 1. The van der Waals surface area contributed by atoms with Gasteiger partial charge in [-0.25, -0.2) is 9.98 Å². The quantitative estimate of drug-likeness (QED) is 0.416. The fraction of sp³-hybridized carbons (Fsp3) is 0.667. The Labute approximate surface area is 139 Å². The highest BCUT2D eigenvalue weighted by atomic mass is 16.5. The Morgan fingerprint density at radius 2 is 2.13 bits per heavy atom. The fourth-order valence-electron chi connectivity index (χ4n) is 2.75. The Morgan fingerprint density at radius 1 is 1.30 bits per heavy atom. The average Bonchev–Trinajstić information content (AvgIpc) is 3.07. The number of rotatable bonds is 9. The van der Waals surface area contributed by atoms with Crippen molar-refractivity contribution in [1.82, 2.24) is 10.3 Å². The summed E-state index contributed by atoms with van der Waals surface area (Å²) in [4.78, 5) is 8.71. The van der Waals surface area contributed by atoms with E-state index in [-0.39, 0.29) is 0 Å². The summed E-state index contributed by atoms with van der Waals surface area (Å²) >= 11 is 0. The summed E-state index contributed by atoms with van der Waals surface area (Å²) in [5.74, 6) is 1.22. The van der Waals surface area contributed by atoms with E-state index in [1.165, 1.54) is 32.1 Å². The zero-order valence-corrected chi connectivity index (χ0v) is 14.3. The molecular weight excluding hydrogens is 288 g/mol. The molecular formula is C18H30N4O. The molecule has 1 aromatic heterocycles. The molecule has 5 nitrogen and oxygen atoms in total. The third-order valence-electron chi connectivity index (χ3n) is 4.16. The van der Waals surface area contributed by atoms with Gasteiger partial charge in [-0.05, 0) is 37.7 Å². The zero-order valence-electron chi connectivity index (χ0n) is 14.3. The maximum absolute atomic E-state index is 5.87. The largest absolute Gasteiger partial charge is 0.474 e.